The van der Waals surface area contributed by atoms with Crippen LogP contribution in [-0.2, 0) is 0 Å². The minimum atomic E-state index is -0.180. The second-order valence-electron chi connectivity index (χ2n) is 12.2. The molecule has 5 aromatic carbocycles. The molecular formula is C42H26N4O2. The fraction of sp³-hybridized carbons (Fsp3) is 0.0476. The lowest BCUT2D eigenvalue weighted by molar-refractivity contribution is 0.263. The number of hydrogen-bond acceptors (Lipinski definition) is 6. The summed E-state index contributed by atoms with van der Waals surface area (Å²) in [6.45, 7) is 0. The number of allylic oxidation sites excluding steroid dienone is 2. The molecule has 0 N–H and O–H groups in total. The van der Waals surface area contributed by atoms with Crippen LogP contribution >= 0.6 is 0 Å². The number of ether oxygens (including phenoxy) is 1. The van der Waals surface area contributed by atoms with Crippen LogP contribution in [-0.4, -0.2) is 26.0 Å². The van der Waals surface area contributed by atoms with Gasteiger partial charge in [-0.15, -0.1) is 0 Å². The van der Waals surface area contributed by atoms with Crippen LogP contribution in [0.4, 0.5) is 0 Å². The predicted octanol–water partition coefficient (Wildman–Crippen LogP) is 9.82. The van der Waals surface area contributed by atoms with E-state index >= 15 is 0 Å². The summed E-state index contributed by atoms with van der Waals surface area (Å²) in [4.78, 5) is 19.9. The van der Waals surface area contributed by atoms with Crippen molar-refractivity contribution in [2.24, 2.45) is 0 Å². The summed E-state index contributed by atoms with van der Waals surface area (Å²) >= 11 is 0. The third-order valence-corrected chi connectivity index (χ3v) is 9.39. The van der Waals surface area contributed by atoms with E-state index in [1.54, 1.807) is 6.20 Å². The standard InChI is InChI=1S/C42H26N4O2/c1-2-9-28-24-29(22-19-25(28)8-1)26-17-20-27(21-18-26)39-44-40(31-11-5-15-35-37(31)30-10-3-4-14-34(30)47-35)46-41(45-39)32-12-6-16-36-38(32)33-13-7-23-43-42(33)48-36/h1-24,36,38H. The second kappa shape index (κ2) is 10.6. The van der Waals surface area contributed by atoms with Crippen LogP contribution < -0.4 is 4.74 Å². The zero-order valence-corrected chi connectivity index (χ0v) is 25.6. The summed E-state index contributed by atoms with van der Waals surface area (Å²) in [7, 11) is 0. The number of furan rings is 1. The summed E-state index contributed by atoms with van der Waals surface area (Å²) in [6.07, 6.45) is 7.77. The van der Waals surface area contributed by atoms with Crippen molar-refractivity contribution in [1.82, 2.24) is 19.9 Å². The van der Waals surface area contributed by atoms with Gasteiger partial charge in [0, 0.05) is 39.2 Å². The highest BCUT2D eigenvalue weighted by Gasteiger charge is 2.39. The highest BCUT2D eigenvalue weighted by atomic mass is 16.5. The molecule has 0 radical (unpaired) electrons. The Balaban J connectivity index is 1.14. The van der Waals surface area contributed by atoms with Crippen LogP contribution in [0.2, 0.25) is 0 Å². The number of pyridine rings is 1. The van der Waals surface area contributed by atoms with Gasteiger partial charge in [-0.05, 0) is 52.2 Å². The molecule has 0 fully saturated rings. The topological polar surface area (TPSA) is 73.9 Å². The van der Waals surface area contributed by atoms with Gasteiger partial charge in [-0.2, -0.15) is 0 Å². The molecule has 4 heterocycles. The molecule has 0 spiro atoms. The molecule has 48 heavy (non-hydrogen) atoms. The number of aromatic nitrogens is 4. The summed E-state index contributed by atoms with van der Waals surface area (Å²) in [5.74, 6) is 2.37. The molecule has 6 nitrogen and oxygen atoms in total. The Morgan fingerprint density at radius 1 is 0.583 bits per heavy atom. The van der Waals surface area contributed by atoms with Crippen LogP contribution in [0.25, 0.3) is 72.2 Å². The number of fused-ring (bicyclic) bond motifs is 7. The Bertz CT molecular complexity index is 2620. The molecule has 0 bridgehead atoms. The maximum Gasteiger partial charge on any atom is 0.217 e. The lowest BCUT2D eigenvalue weighted by Gasteiger charge is -2.22. The fourth-order valence-corrected chi connectivity index (χ4v) is 7.09. The molecule has 2 atom stereocenters. The van der Waals surface area contributed by atoms with Crippen LogP contribution in [0.1, 0.15) is 17.3 Å². The van der Waals surface area contributed by atoms with Gasteiger partial charge in [0.25, 0.3) is 0 Å². The molecule has 0 saturated carbocycles. The Hall–Kier alpha value is -6.40. The number of nitrogens with zero attached hydrogens (tertiary/aromatic N) is 4. The number of para-hydroxylation sites is 1. The van der Waals surface area contributed by atoms with E-state index in [0.717, 1.165) is 55.3 Å². The molecule has 1 aliphatic heterocycles. The maximum absolute atomic E-state index is 6.25. The van der Waals surface area contributed by atoms with E-state index in [4.69, 9.17) is 24.1 Å². The van der Waals surface area contributed by atoms with Crippen LogP contribution in [0.5, 0.6) is 5.88 Å². The first kappa shape index (κ1) is 26.8. The van der Waals surface area contributed by atoms with Gasteiger partial charge in [0.1, 0.15) is 17.3 Å². The van der Waals surface area contributed by atoms with E-state index in [0.29, 0.717) is 23.4 Å². The smallest absolute Gasteiger partial charge is 0.217 e. The van der Waals surface area contributed by atoms with Gasteiger partial charge < -0.3 is 9.15 Å². The maximum atomic E-state index is 6.25. The fourth-order valence-electron chi connectivity index (χ4n) is 7.09. The van der Waals surface area contributed by atoms with Crippen molar-refractivity contribution in [3.05, 3.63) is 157 Å². The minimum Gasteiger partial charge on any atom is -0.469 e. The molecule has 0 amide bonds. The third-order valence-electron chi connectivity index (χ3n) is 9.39. The Labute approximate surface area is 275 Å². The van der Waals surface area contributed by atoms with Gasteiger partial charge in [-0.3, -0.25) is 0 Å². The van der Waals surface area contributed by atoms with Crippen molar-refractivity contribution in [1.29, 1.82) is 0 Å². The number of hydrogen-bond donors (Lipinski definition) is 0. The quantitative estimate of drug-likeness (QED) is 0.195. The molecule has 1 aliphatic carbocycles. The second-order valence-corrected chi connectivity index (χ2v) is 12.2. The average molecular weight is 619 g/mol. The first-order valence-electron chi connectivity index (χ1n) is 16.0. The van der Waals surface area contributed by atoms with Gasteiger partial charge >= 0.3 is 0 Å². The highest BCUT2D eigenvalue weighted by molar-refractivity contribution is 6.11. The molecule has 226 valence electrons. The van der Waals surface area contributed by atoms with Gasteiger partial charge in [0.05, 0.1) is 5.92 Å². The van der Waals surface area contributed by atoms with E-state index < -0.39 is 0 Å². The first-order valence-corrected chi connectivity index (χ1v) is 16.0. The molecular weight excluding hydrogens is 592 g/mol. The monoisotopic (exact) mass is 618 g/mol. The van der Waals surface area contributed by atoms with Crippen LogP contribution in [0, 0.1) is 0 Å². The lowest BCUT2D eigenvalue weighted by Crippen LogP contribution is -2.20. The molecule has 0 saturated heterocycles. The molecule has 10 rings (SSSR count). The molecule has 8 aromatic rings. The van der Waals surface area contributed by atoms with Crippen molar-refractivity contribution in [3.8, 4) is 39.8 Å². The molecule has 6 heteroatoms. The molecule has 2 unspecified atom stereocenters. The summed E-state index contributed by atoms with van der Waals surface area (Å²) < 4.78 is 12.5. The average Bonchev–Trinajstić information content (AvgIpc) is 3.73. The number of rotatable bonds is 4. The molecule has 2 aliphatic rings. The molecule has 3 aromatic heterocycles. The van der Waals surface area contributed by atoms with Crippen molar-refractivity contribution < 1.29 is 9.15 Å². The minimum absolute atomic E-state index is 0.0809. The Kier molecular flexibility index (Phi) is 5.90. The largest absolute Gasteiger partial charge is 0.469 e. The van der Waals surface area contributed by atoms with Crippen molar-refractivity contribution >= 4 is 38.3 Å². The van der Waals surface area contributed by atoms with E-state index in [1.807, 2.05) is 42.5 Å². The van der Waals surface area contributed by atoms with Crippen LogP contribution in [0.15, 0.2) is 150 Å². The van der Waals surface area contributed by atoms with Crippen molar-refractivity contribution in [2.45, 2.75) is 12.0 Å². The normalized spacial score (nSPS) is 16.5. The van der Waals surface area contributed by atoms with Gasteiger partial charge in [-0.1, -0.05) is 109 Å². The highest BCUT2D eigenvalue weighted by Crippen LogP contribution is 2.47. The van der Waals surface area contributed by atoms with E-state index in [1.165, 1.54) is 10.8 Å². The van der Waals surface area contributed by atoms with E-state index in [-0.39, 0.29) is 12.0 Å². The number of benzene rings is 5. The predicted molar refractivity (Wildman–Crippen MR) is 189 cm³/mol. The van der Waals surface area contributed by atoms with Crippen molar-refractivity contribution in [3.63, 3.8) is 0 Å². The SMILES string of the molecule is C1=CC2Oc3ncccc3C2C(c2nc(-c3ccc(-c4ccc5ccccc5c4)cc3)nc(-c3cccc4oc5ccccc5c34)n2)=C1. The van der Waals surface area contributed by atoms with E-state index in [2.05, 4.69) is 102 Å². The van der Waals surface area contributed by atoms with Crippen molar-refractivity contribution in [2.75, 3.05) is 0 Å². The summed E-state index contributed by atoms with van der Waals surface area (Å²) in [6, 6.07) is 41.6. The third kappa shape index (κ3) is 4.27. The Morgan fingerprint density at radius 2 is 1.35 bits per heavy atom. The lowest BCUT2D eigenvalue weighted by atomic mass is 9.85. The zero-order valence-electron chi connectivity index (χ0n) is 25.6. The Morgan fingerprint density at radius 3 is 2.29 bits per heavy atom. The van der Waals surface area contributed by atoms with Gasteiger partial charge in [-0.25, -0.2) is 19.9 Å². The zero-order chi connectivity index (χ0) is 31.6. The van der Waals surface area contributed by atoms with Crippen LogP contribution in [0.3, 0.4) is 0 Å². The summed E-state index contributed by atoms with van der Waals surface area (Å²) in [5.41, 5.74) is 7.71. The van der Waals surface area contributed by atoms with Gasteiger partial charge in [0.15, 0.2) is 17.5 Å². The van der Waals surface area contributed by atoms with E-state index in [9.17, 15) is 0 Å². The summed E-state index contributed by atoms with van der Waals surface area (Å²) in [5, 5.41) is 4.45. The van der Waals surface area contributed by atoms with Gasteiger partial charge in [0.2, 0.25) is 5.88 Å². The first-order chi connectivity index (χ1) is 23.8.